The summed E-state index contributed by atoms with van der Waals surface area (Å²) in [5, 5.41) is 3.01. The minimum Gasteiger partial charge on any atom is -0.361 e. The van der Waals surface area contributed by atoms with Crippen molar-refractivity contribution in [3.8, 4) is 11.3 Å². The van der Waals surface area contributed by atoms with Crippen molar-refractivity contribution in [2.24, 2.45) is 5.73 Å². The van der Waals surface area contributed by atoms with E-state index in [1.165, 1.54) is 0 Å². The highest BCUT2D eigenvalue weighted by Gasteiger charge is 1.99. The molecule has 2 heterocycles. The lowest BCUT2D eigenvalue weighted by Gasteiger charge is -2.02. The Kier molecular flexibility index (Phi) is 2.94. The zero-order valence-electron chi connectivity index (χ0n) is 8.27. The molecule has 15 heavy (non-hydrogen) atoms. The topological polar surface area (TPSA) is 79.6 Å². The summed E-state index contributed by atoms with van der Waals surface area (Å²) in [5.74, 6) is 0.607. The van der Waals surface area contributed by atoms with Crippen LogP contribution < -0.4 is 11.1 Å². The Morgan fingerprint density at radius 3 is 2.73 bits per heavy atom. The Morgan fingerprint density at radius 2 is 2.13 bits per heavy atom. The molecule has 0 unspecified atom stereocenters. The molecular formula is C10H13N5. The van der Waals surface area contributed by atoms with Gasteiger partial charge in [-0.05, 0) is 12.1 Å². The normalized spacial score (nSPS) is 10.2. The highest BCUT2D eigenvalue weighted by Crippen LogP contribution is 2.14. The van der Waals surface area contributed by atoms with Gasteiger partial charge in [-0.15, -0.1) is 0 Å². The molecule has 0 spiro atoms. The maximum atomic E-state index is 5.36. The number of H-pyrrole nitrogens is 1. The molecule has 0 aromatic carbocycles. The SMILES string of the molecule is NCCNc1ncc(-c2ccc[nH]2)cn1. The average Bonchev–Trinajstić information content (AvgIpc) is 2.80. The number of nitrogens with two attached hydrogens (primary N) is 1. The lowest BCUT2D eigenvalue weighted by Crippen LogP contribution is -2.14. The van der Waals surface area contributed by atoms with Crippen molar-refractivity contribution in [2.45, 2.75) is 0 Å². The van der Waals surface area contributed by atoms with Crippen LogP contribution in [-0.2, 0) is 0 Å². The maximum Gasteiger partial charge on any atom is 0.222 e. The number of hydrogen-bond acceptors (Lipinski definition) is 4. The second-order valence-corrected chi connectivity index (χ2v) is 3.09. The average molecular weight is 203 g/mol. The van der Waals surface area contributed by atoms with E-state index in [-0.39, 0.29) is 0 Å². The van der Waals surface area contributed by atoms with E-state index < -0.39 is 0 Å². The van der Waals surface area contributed by atoms with Crippen molar-refractivity contribution in [1.82, 2.24) is 15.0 Å². The summed E-state index contributed by atoms with van der Waals surface area (Å²) in [6.07, 6.45) is 5.42. The minimum atomic E-state index is 0.571. The number of anilines is 1. The van der Waals surface area contributed by atoms with Crippen LogP contribution in [0.2, 0.25) is 0 Å². The predicted octanol–water partition coefficient (Wildman–Crippen LogP) is 0.842. The van der Waals surface area contributed by atoms with E-state index >= 15 is 0 Å². The van der Waals surface area contributed by atoms with Crippen LogP contribution in [0, 0.1) is 0 Å². The van der Waals surface area contributed by atoms with Crippen LogP contribution in [0.1, 0.15) is 0 Å². The molecule has 2 aromatic rings. The number of nitrogens with one attached hydrogen (secondary N) is 2. The number of hydrogen-bond donors (Lipinski definition) is 3. The van der Waals surface area contributed by atoms with Crippen LogP contribution in [-0.4, -0.2) is 28.0 Å². The highest BCUT2D eigenvalue weighted by molar-refractivity contribution is 5.57. The van der Waals surface area contributed by atoms with Crippen LogP contribution in [0.5, 0.6) is 0 Å². The molecule has 2 rings (SSSR count). The fraction of sp³-hybridized carbons (Fsp3) is 0.200. The largest absolute Gasteiger partial charge is 0.361 e. The molecular weight excluding hydrogens is 190 g/mol. The molecule has 2 aromatic heterocycles. The number of nitrogens with zero attached hydrogens (tertiary/aromatic N) is 2. The van der Waals surface area contributed by atoms with Crippen LogP contribution in [0.15, 0.2) is 30.7 Å². The van der Waals surface area contributed by atoms with Gasteiger partial charge in [-0.3, -0.25) is 0 Å². The molecule has 0 saturated heterocycles. The standard InChI is InChI=1S/C10H13N5/c11-3-5-13-10-14-6-8(7-15-10)9-2-1-4-12-9/h1-2,4,6-7,12H,3,5,11H2,(H,13,14,15). The van der Waals surface area contributed by atoms with Crippen LogP contribution in [0.25, 0.3) is 11.3 Å². The first kappa shape index (κ1) is 9.67. The molecule has 5 nitrogen and oxygen atoms in total. The Balaban J connectivity index is 2.11. The van der Waals surface area contributed by atoms with Gasteiger partial charge in [0.15, 0.2) is 0 Å². The van der Waals surface area contributed by atoms with Crippen LogP contribution in [0.4, 0.5) is 5.95 Å². The molecule has 4 N–H and O–H groups in total. The maximum absolute atomic E-state index is 5.36. The smallest absolute Gasteiger partial charge is 0.222 e. The summed E-state index contributed by atoms with van der Waals surface area (Å²) in [5.41, 5.74) is 7.35. The van der Waals surface area contributed by atoms with Crippen molar-refractivity contribution in [3.63, 3.8) is 0 Å². The van der Waals surface area contributed by atoms with Crippen LogP contribution in [0.3, 0.4) is 0 Å². The zero-order valence-corrected chi connectivity index (χ0v) is 8.27. The van der Waals surface area contributed by atoms with Crippen molar-refractivity contribution in [2.75, 3.05) is 18.4 Å². The van der Waals surface area contributed by atoms with Gasteiger partial charge in [0.25, 0.3) is 0 Å². The van der Waals surface area contributed by atoms with Gasteiger partial charge >= 0.3 is 0 Å². The third-order valence-electron chi connectivity index (χ3n) is 1.99. The molecule has 5 heteroatoms. The number of aromatic amines is 1. The molecule has 0 aliphatic carbocycles. The second kappa shape index (κ2) is 4.56. The van der Waals surface area contributed by atoms with Crippen molar-refractivity contribution >= 4 is 5.95 Å². The molecule has 0 aliphatic rings. The Hall–Kier alpha value is -1.88. The van der Waals surface area contributed by atoms with Gasteiger partial charge in [-0.1, -0.05) is 0 Å². The number of rotatable bonds is 4. The summed E-state index contributed by atoms with van der Waals surface area (Å²) in [6, 6.07) is 3.92. The Morgan fingerprint density at radius 1 is 1.33 bits per heavy atom. The summed E-state index contributed by atoms with van der Waals surface area (Å²) in [4.78, 5) is 11.4. The lowest BCUT2D eigenvalue weighted by molar-refractivity contribution is 0.989. The van der Waals surface area contributed by atoms with Crippen molar-refractivity contribution < 1.29 is 0 Å². The fourth-order valence-electron chi connectivity index (χ4n) is 1.25. The monoisotopic (exact) mass is 203 g/mol. The van der Waals surface area contributed by atoms with Gasteiger partial charge < -0.3 is 16.0 Å². The summed E-state index contributed by atoms with van der Waals surface area (Å²) < 4.78 is 0. The third kappa shape index (κ3) is 2.32. The molecule has 0 amide bonds. The highest BCUT2D eigenvalue weighted by atomic mass is 15.1. The van der Waals surface area contributed by atoms with Gasteiger partial charge in [0.1, 0.15) is 0 Å². The van der Waals surface area contributed by atoms with E-state index in [0.717, 1.165) is 11.3 Å². The van der Waals surface area contributed by atoms with Gasteiger partial charge in [0, 0.05) is 42.9 Å². The molecule has 0 saturated carbocycles. The minimum absolute atomic E-state index is 0.571. The third-order valence-corrected chi connectivity index (χ3v) is 1.99. The van der Waals surface area contributed by atoms with E-state index in [4.69, 9.17) is 5.73 Å². The van der Waals surface area contributed by atoms with E-state index in [0.29, 0.717) is 19.0 Å². The first-order valence-electron chi connectivity index (χ1n) is 4.80. The van der Waals surface area contributed by atoms with E-state index in [1.807, 2.05) is 18.3 Å². The molecule has 0 bridgehead atoms. The molecule has 78 valence electrons. The summed E-state index contributed by atoms with van der Waals surface area (Å²) in [6.45, 7) is 1.25. The van der Waals surface area contributed by atoms with Gasteiger partial charge in [-0.2, -0.15) is 0 Å². The molecule has 0 radical (unpaired) electrons. The van der Waals surface area contributed by atoms with Gasteiger partial charge in [0.05, 0.1) is 0 Å². The van der Waals surface area contributed by atoms with Gasteiger partial charge in [0.2, 0.25) is 5.95 Å². The zero-order chi connectivity index (χ0) is 10.5. The van der Waals surface area contributed by atoms with E-state index in [1.54, 1.807) is 12.4 Å². The van der Waals surface area contributed by atoms with E-state index in [2.05, 4.69) is 20.3 Å². The first-order chi connectivity index (χ1) is 7.40. The summed E-state index contributed by atoms with van der Waals surface area (Å²) >= 11 is 0. The first-order valence-corrected chi connectivity index (χ1v) is 4.80. The quantitative estimate of drug-likeness (QED) is 0.688. The second-order valence-electron chi connectivity index (χ2n) is 3.09. The Labute approximate surface area is 87.8 Å². The molecule has 0 fully saturated rings. The fourth-order valence-corrected chi connectivity index (χ4v) is 1.25. The summed E-state index contributed by atoms with van der Waals surface area (Å²) in [7, 11) is 0. The molecule has 0 atom stereocenters. The van der Waals surface area contributed by atoms with Crippen LogP contribution >= 0.6 is 0 Å². The van der Waals surface area contributed by atoms with E-state index in [9.17, 15) is 0 Å². The van der Waals surface area contributed by atoms with Crippen molar-refractivity contribution in [1.29, 1.82) is 0 Å². The number of aromatic nitrogens is 3. The van der Waals surface area contributed by atoms with Crippen molar-refractivity contribution in [3.05, 3.63) is 30.7 Å². The lowest BCUT2D eigenvalue weighted by atomic mass is 10.2. The predicted molar refractivity (Wildman–Crippen MR) is 59.4 cm³/mol. The Bertz CT molecular complexity index is 392. The van der Waals surface area contributed by atoms with Gasteiger partial charge in [-0.25, -0.2) is 9.97 Å². The molecule has 0 aliphatic heterocycles.